The van der Waals surface area contributed by atoms with E-state index in [1.54, 1.807) is 30.5 Å². The number of benzene rings is 3. The van der Waals surface area contributed by atoms with Gasteiger partial charge in [0.15, 0.2) is 5.65 Å². The monoisotopic (exact) mass is 469 g/mol. The van der Waals surface area contributed by atoms with Gasteiger partial charge in [-0.1, -0.05) is 48.0 Å². The highest BCUT2D eigenvalue weighted by Gasteiger charge is 2.30. The highest BCUT2D eigenvalue weighted by Crippen LogP contribution is 2.35. The summed E-state index contributed by atoms with van der Waals surface area (Å²) in [6.07, 6.45) is 1.62. The van der Waals surface area contributed by atoms with Gasteiger partial charge in [0.2, 0.25) is 9.84 Å². The molecule has 7 nitrogen and oxygen atoms in total. The second-order valence-corrected chi connectivity index (χ2v) is 10.2. The maximum atomic E-state index is 13.8. The molecular formula is C26H23N5O2S. The minimum atomic E-state index is -3.99. The van der Waals surface area contributed by atoms with Gasteiger partial charge >= 0.3 is 0 Å². The molecule has 0 saturated carbocycles. The van der Waals surface area contributed by atoms with Crippen LogP contribution in [0.3, 0.4) is 0 Å². The van der Waals surface area contributed by atoms with E-state index in [0.29, 0.717) is 11.0 Å². The van der Waals surface area contributed by atoms with Gasteiger partial charge in [0.05, 0.1) is 22.1 Å². The Morgan fingerprint density at radius 1 is 0.882 bits per heavy atom. The molecule has 3 aromatic carbocycles. The lowest BCUT2D eigenvalue weighted by molar-refractivity contribution is 0.597. The Kier molecular flexibility index (Phi) is 5.17. The summed E-state index contributed by atoms with van der Waals surface area (Å²) in [6, 6.07) is 20.1. The number of fused-ring (bicyclic) bond motifs is 2. The van der Waals surface area contributed by atoms with Crippen molar-refractivity contribution in [1.82, 2.24) is 14.6 Å². The van der Waals surface area contributed by atoms with Gasteiger partial charge in [-0.25, -0.2) is 18.4 Å². The zero-order valence-corrected chi connectivity index (χ0v) is 19.8. The molecule has 2 aromatic heterocycles. The largest absolute Gasteiger partial charge is 0.382 e. The number of para-hydroxylation sites is 2. The summed E-state index contributed by atoms with van der Waals surface area (Å²) < 4.78 is 28.9. The Hall–Kier alpha value is -4.04. The van der Waals surface area contributed by atoms with Crippen LogP contribution >= 0.6 is 0 Å². The van der Waals surface area contributed by atoms with Crippen molar-refractivity contribution in [2.45, 2.75) is 30.6 Å². The topological polar surface area (TPSA) is 103 Å². The number of sulfone groups is 1. The molecule has 0 aliphatic heterocycles. The van der Waals surface area contributed by atoms with Crippen molar-refractivity contribution in [1.29, 1.82) is 0 Å². The maximum absolute atomic E-state index is 13.8. The first kappa shape index (κ1) is 21.8. The summed E-state index contributed by atoms with van der Waals surface area (Å²) in [5.41, 5.74) is 12.0. The molecule has 2 N–H and O–H groups in total. The van der Waals surface area contributed by atoms with Gasteiger partial charge in [0, 0.05) is 0 Å². The first-order chi connectivity index (χ1) is 16.3. The number of nitrogens with zero attached hydrogens (tertiary/aromatic N) is 4. The van der Waals surface area contributed by atoms with E-state index in [9.17, 15) is 8.42 Å². The minimum Gasteiger partial charge on any atom is -0.382 e. The maximum Gasteiger partial charge on any atom is 0.212 e. The van der Waals surface area contributed by atoms with Gasteiger partial charge in [-0.2, -0.15) is 9.78 Å². The Labute approximate surface area is 197 Å². The zero-order chi connectivity index (χ0) is 24.0. The molecule has 0 radical (unpaired) electrons. The van der Waals surface area contributed by atoms with Crippen molar-refractivity contribution >= 4 is 44.1 Å². The third-order valence-corrected chi connectivity index (χ3v) is 7.70. The summed E-state index contributed by atoms with van der Waals surface area (Å²) in [7, 11) is -3.99. The Balaban J connectivity index is 1.79. The van der Waals surface area contributed by atoms with Crippen LogP contribution in [0, 0.1) is 20.8 Å². The SMILES string of the molecule is Cc1ccc(/C=N/n2c(N)c(S(=O)(=O)c3ccc(C)c(C)c3)c3nc4ccccc4nc32)cc1. The van der Waals surface area contributed by atoms with Gasteiger partial charge in [-0.15, -0.1) is 0 Å². The summed E-state index contributed by atoms with van der Waals surface area (Å²) in [4.78, 5) is 9.37. The van der Waals surface area contributed by atoms with Crippen molar-refractivity contribution in [2.24, 2.45) is 5.10 Å². The van der Waals surface area contributed by atoms with Gasteiger partial charge in [-0.05, 0) is 61.7 Å². The van der Waals surface area contributed by atoms with Gasteiger partial charge < -0.3 is 5.73 Å². The molecule has 2 heterocycles. The average Bonchev–Trinajstić information content (AvgIpc) is 3.09. The Morgan fingerprint density at radius 3 is 2.24 bits per heavy atom. The highest BCUT2D eigenvalue weighted by atomic mass is 32.2. The number of nitrogen functional groups attached to an aromatic ring is 1. The lowest BCUT2D eigenvalue weighted by atomic mass is 10.1. The molecule has 0 atom stereocenters. The highest BCUT2D eigenvalue weighted by molar-refractivity contribution is 7.92. The Bertz CT molecular complexity index is 1700. The fraction of sp³-hybridized carbons (Fsp3) is 0.115. The quantitative estimate of drug-likeness (QED) is 0.381. The molecule has 0 aliphatic carbocycles. The average molecular weight is 470 g/mol. The van der Waals surface area contributed by atoms with Crippen LogP contribution in [0.25, 0.3) is 22.2 Å². The molecule has 0 aliphatic rings. The fourth-order valence-electron chi connectivity index (χ4n) is 3.78. The van der Waals surface area contributed by atoms with Crippen molar-refractivity contribution in [2.75, 3.05) is 5.73 Å². The van der Waals surface area contributed by atoms with Gasteiger partial charge in [-0.3, -0.25) is 0 Å². The van der Waals surface area contributed by atoms with E-state index in [1.165, 1.54) is 4.68 Å². The number of aryl methyl sites for hydroxylation is 3. The van der Waals surface area contributed by atoms with Crippen LogP contribution in [-0.2, 0) is 9.84 Å². The summed E-state index contributed by atoms with van der Waals surface area (Å²) in [5.74, 6) is -0.0353. The summed E-state index contributed by atoms with van der Waals surface area (Å²) in [5, 5.41) is 4.50. The van der Waals surface area contributed by atoms with E-state index in [4.69, 9.17) is 5.73 Å². The van der Waals surface area contributed by atoms with Gasteiger partial charge in [0.1, 0.15) is 16.2 Å². The van der Waals surface area contributed by atoms with Crippen LogP contribution < -0.4 is 5.73 Å². The molecule has 0 amide bonds. The van der Waals surface area contributed by atoms with Crippen molar-refractivity contribution in [3.05, 3.63) is 89.0 Å². The first-order valence-corrected chi connectivity index (χ1v) is 12.2. The molecule has 0 fully saturated rings. The van der Waals surface area contributed by atoms with E-state index < -0.39 is 9.84 Å². The molecule has 5 aromatic rings. The van der Waals surface area contributed by atoms with Gasteiger partial charge in [0.25, 0.3) is 0 Å². The molecule has 0 bridgehead atoms. The molecule has 34 heavy (non-hydrogen) atoms. The second-order valence-electron chi connectivity index (χ2n) is 8.32. The molecule has 5 rings (SSSR count). The number of hydrogen-bond donors (Lipinski definition) is 1. The van der Waals surface area contributed by atoms with E-state index in [1.807, 2.05) is 63.2 Å². The predicted molar refractivity (Wildman–Crippen MR) is 135 cm³/mol. The number of aromatic nitrogens is 3. The standard InChI is InChI=1S/C26H23N5O2S/c1-16-8-11-19(12-9-16)15-28-31-25(27)24(34(32,33)20-13-10-17(2)18(3)14-20)23-26(31)30-22-7-5-4-6-21(22)29-23/h4-15H,27H2,1-3H3/b28-15+. The van der Waals surface area contributed by atoms with Crippen LogP contribution in [0.1, 0.15) is 22.3 Å². The third-order valence-electron chi connectivity index (χ3n) is 5.89. The molecule has 170 valence electrons. The minimum absolute atomic E-state index is 0.0353. The van der Waals surface area contributed by atoms with Crippen molar-refractivity contribution in [3.63, 3.8) is 0 Å². The normalized spacial score (nSPS) is 12.2. The zero-order valence-electron chi connectivity index (χ0n) is 19.0. The van der Waals surface area contributed by atoms with E-state index >= 15 is 0 Å². The first-order valence-electron chi connectivity index (χ1n) is 10.8. The van der Waals surface area contributed by atoms with E-state index in [0.717, 1.165) is 22.3 Å². The fourth-order valence-corrected chi connectivity index (χ4v) is 5.35. The molecular weight excluding hydrogens is 446 g/mol. The van der Waals surface area contributed by atoms with Crippen LogP contribution in [0.4, 0.5) is 5.82 Å². The summed E-state index contributed by atoms with van der Waals surface area (Å²) in [6.45, 7) is 5.81. The lowest BCUT2D eigenvalue weighted by Crippen LogP contribution is -2.07. The van der Waals surface area contributed by atoms with Crippen LogP contribution in [0.15, 0.2) is 81.6 Å². The number of hydrogen-bond acceptors (Lipinski definition) is 6. The van der Waals surface area contributed by atoms with Crippen molar-refractivity contribution < 1.29 is 8.42 Å². The predicted octanol–water partition coefficient (Wildman–Crippen LogP) is 4.81. The van der Waals surface area contributed by atoms with Crippen LogP contribution in [0.2, 0.25) is 0 Å². The number of rotatable bonds is 4. The summed E-state index contributed by atoms with van der Waals surface area (Å²) >= 11 is 0. The van der Waals surface area contributed by atoms with Crippen molar-refractivity contribution in [3.8, 4) is 0 Å². The lowest BCUT2D eigenvalue weighted by Gasteiger charge is -2.07. The molecule has 0 saturated heterocycles. The van der Waals surface area contributed by atoms with E-state index in [2.05, 4.69) is 15.1 Å². The Morgan fingerprint density at radius 2 is 1.56 bits per heavy atom. The van der Waals surface area contributed by atoms with Crippen LogP contribution in [0.5, 0.6) is 0 Å². The molecule has 8 heteroatoms. The number of nitrogens with two attached hydrogens (primary N) is 1. The molecule has 0 unspecified atom stereocenters. The molecule has 0 spiro atoms. The second kappa shape index (κ2) is 8.07. The van der Waals surface area contributed by atoms with Crippen LogP contribution in [-0.4, -0.2) is 29.3 Å². The smallest absolute Gasteiger partial charge is 0.212 e. The third kappa shape index (κ3) is 3.62. The van der Waals surface area contributed by atoms with E-state index in [-0.39, 0.29) is 26.8 Å². The number of anilines is 1.